The summed E-state index contributed by atoms with van der Waals surface area (Å²) < 4.78 is 14.3. The number of halogens is 1. The molecule has 0 spiro atoms. The Morgan fingerprint density at radius 1 is 1.00 bits per heavy atom. The standard InChI is InChI=1S/C17H12FN3O2/c18-12-6-8-13(9-7-12)19-17(23)16-15(22)10-11-21(20-16)14-4-2-1-3-5-14/h1-11H,(H,19,23). The van der Waals surface area contributed by atoms with Crippen LogP contribution in [-0.2, 0) is 0 Å². The smallest absolute Gasteiger partial charge is 0.280 e. The van der Waals surface area contributed by atoms with E-state index in [0.717, 1.165) is 5.69 Å². The van der Waals surface area contributed by atoms with Crippen LogP contribution in [0.2, 0.25) is 0 Å². The second-order valence-corrected chi connectivity index (χ2v) is 4.77. The van der Waals surface area contributed by atoms with Crippen molar-refractivity contribution in [3.05, 3.63) is 88.6 Å². The fourth-order valence-corrected chi connectivity index (χ4v) is 2.01. The third-order valence-electron chi connectivity index (χ3n) is 3.15. The lowest BCUT2D eigenvalue weighted by molar-refractivity contribution is 0.101. The summed E-state index contributed by atoms with van der Waals surface area (Å²) in [6, 6.07) is 15.6. The monoisotopic (exact) mass is 309 g/mol. The van der Waals surface area contributed by atoms with Crippen molar-refractivity contribution in [1.82, 2.24) is 9.78 Å². The van der Waals surface area contributed by atoms with Crippen LogP contribution in [0.1, 0.15) is 10.5 Å². The maximum Gasteiger partial charge on any atom is 0.280 e. The van der Waals surface area contributed by atoms with Crippen molar-refractivity contribution < 1.29 is 9.18 Å². The normalized spacial score (nSPS) is 10.3. The number of carbonyl (C=O) groups is 1. The van der Waals surface area contributed by atoms with Crippen LogP contribution in [0.15, 0.2) is 71.7 Å². The van der Waals surface area contributed by atoms with Crippen molar-refractivity contribution in [2.24, 2.45) is 0 Å². The average Bonchev–Trinajstić information content (AvgIpc) is 2.58. The number of nitrogens with one attached hydrogen (secondary N) is 1. The van der Waals surface area contributed by atoms with Gasteiger partial charge in [-0.3, -0.25) is 9.59 Å². The zero-order valence-corrected chi connectivity index (χ0v) is 11.9. The summed E-state index contributed by atoms with van der Waals surface area (Å²) in [7, 11) is 0. The molecule has 3 rings (SSSR count). The largest absolute Gasteiger partial charge is 0.320 e. The third-order valence-corrected chi connectivity index (χ3v) is 3.15. The summed E-state index contributed by atoms with van der Waals surface area (Å²) in [5, 5.41) is 6.60. The summed E-state index contributed by atoms with van der Waals surface area (Å²) in [5.74, 6) is -1.06. The van der Waals surface area contributed by atoms with E-state index in [0.29, 0.717) is 5.69 Å². The molecule has 0 aliphatic carbocycles. The van der Waals surface area contributed by atoms with Gasteiger partial charge in [0.25, 0.3) is 5.91 Å². The first-order valence-corrected chi connectivity index (χ1v) is 6.86. The van der Waals surface area contributed by atoms with Gasteiger partial charge in [-0.15, -0.1) is 0 Å². The Hall–Kier alpha value is -3.28. The maximum atomic E-state index is 12.9. The lowest BCUT2D eigenvalue weighted by atomic mass is 10.3. The predicted molar refractivity (Wildman–Crippen MR) is 84.2 cm³/mol. The van der Waals surface area contributed by atoms with Crippen molar-refractivity contribution in [3.63, 3.8) is 0 Å². The van der Waals surface area contributed by atoms with E-state index >= 15 is 0 Å². The van der Waals surface area contributed by atoms with Gasteiger partial charge in [0.15, 0.2) is 5.69 Å². The quantitative estimate of drug-likeness (QED) is 0.809. The fourth-order valence-electron chi connectivity index (χ4n) is 2.01. The molecule has 0 atom stereocenters. The van der Waals surface area contributed by atoms with E-state index in [-0.39, 0.29) is 5.69 Å². The van der Waals surface area contributed by atoms with Gasteiger partial charge in [-0.25, -0.2) is 9.07 Å². The average molecular weight is 309 g/mol. The number of hydrogen-bond donors (Lipinski definition) is 1. The third kappa shape index (κ3) is 3.32. The van der Waals surface area contributed by atoms with Gasteiger partial charge in [0.05, 0.1) is 5.69 Å². The van der Waals surface area contributed by atoms with Gasteiger partial charge in [0, 0.05) is 18.0 Å². The van der Waals surface area contributed by atoms with Crippen molar-refractivity contribution >= 4 is 11.6 Å². The molecule has 0 bridgehead atoms. The number of rotatable bonds is 3. The lowest BCUT2D eigenvalue weighted by Crippen LogP contribution is -2.25. The molecule has 0 saturated heterocycles. The Bertz CT molecular complexity index is 890. The van der Waals surface area contributed by atoms with Crippen LogP contribution in [0.4, 0.5) is 10.1 Å². The van der Waals surface area contributed by atoms with Crippen LogP contribution in [0.25, 0.3) is 5.69 Å². The van der Waals surface area contributed by atoms with Gasteiger partial charge in [-0.1, -0.05) is 18.2 Å². The van der Waals surface area contributed by atoms with Gasteiger partial charge in [-0.2, -0.15) is 5.10 Å². The summed E-state index contributed by atoms with van der Waals surface area (Å²) in [4.78, 5) is 24.1. The van der Waals surface area contributed by atoms with Gasteiger partial charge in [0.1, 0.15) is 5.82 Å². The molecule has 5 nitrogen and oxygen atoms in total. The number of nitrogens with zero attached hydrogens (tertiary/aromatic N) is 2. The minimum Gasteiger partial charge on any atom is -0.320 e. The van der Waals surface area contributed by atoms with Crippen molar-refractivity contribution in [1.29, 1.82) is 0 Å². The molecule has 3 aromatic rings. The van der Waals surface area contributed by atoms with Gasteiger partial charge in [0.2, 0.25) is 5.43 Å². The van der Waals surface area contributed by atoms with Crippen LogP contribution in [-0.4, -0.2) is 15.7 Å². The number of para-hydroxylation sites is 1. The highest BCUT2D eigenvalue weighted by molar-refractivity contribution is 6.02. The SMILES string of the molecule is O=C(Nc1ccc(F)cc1)c1nn(-c2ccccc2)ccc1=O. The molecular weight excluding hydrogens is 297 g/mol. The van der Waals surface area contributed by atoms with Crippen LogP contribution >= 0.6 is 0 Å². The number of amides is 1. The molecule has 0 saturated carbocycles. The first-order chi connectivity index (χ1) is 11.1. The van der Waals surface area contributed by atoms with E-state index in [2.05, 4.69) is 10.4 Å². The fraction of sp³-hybridized carbons (Fsp3) is 0. The number of anilines is 1. The van der Waals surface area contributed by atoms with E-state index in [1.807, 2.05) is 18.2 Å². The van der Waals surface area contributed by atoms with E-state index < -0.39 is 17.2 Å². The highest BCUT2D eigenvalue weighted by atomic mass is 19.1. The molecule has 23 heavy (non-hydrogen) atoms. The molecule has 0 aliphatic rings. The topological polar surface area (TPSA) is 64.0 Å². The Labute approximate surface area is 131 Å². The number of carbonyl (C=O) groups excluding carboxylic acids is 1. The van der Waals surface area contributed by atoms with Crippen molar-refractivity contribution in [2.45, 2.75) is 0 Å². The Balaban J connectivity index is 1.91. The second kappa shape index (κ2) is 6.23. The van der Waals surface area contributed by atoms with E-state index in [4.69, 9.17) is 0 Å². The maximum absolute atomic E-state index is 12.9. The van der Waals surface area contributed by atoms with E-state index in [9.17, 15) is 14.0 Å². The predicted octanol–water partition coefficient (Wildman–Crippen LogP) is 2.62. The van der Waals surface area contributed by atoms with Crippen LogP contribution in [0, 0.1) is 5.82 Å². The zero-order valence-electron chi connectivity index (χ0n) is 11.9. The molecule has 1 aromatic heterocycles. The molecule has 1 amide bonds. The first-order valence-electron chi connectivity index (χ1n) is 6.86. The minimum atomic E-state index is -0.646. The number of aromatic nitrogens is 2. The molecule has 2 aromatic carbocycles. The molecule has 1 N–H and O–H groups in total. The molecule has 0 fully saturated rings. The van der Waals surface area contributed by atoms with E-state index in [1.165, 1.54) is 41.2 Å². The first kappa shape index (κ1) is 14.6. The molecule has 0 radical (unpaired) electrons. The number of hydrogen-bond acceptors (Lipinski definition) is 3. The van der Waals surface area contributed by atoms with Crippen LogP contribution < -0.4 is 10.7 Å². The van der Waals surface area contributed by atoms with Crippen LogP contribution in [0.3, 0.4) is 0 Å². The highest BCUT2D eigenvalue weighted by Crippen LogP contribution is 2.09. The molecule has 6 heteroatoms. The van der Waals surface area contributed by atoms with Gasteiger partial charge < -0.3 is 5.32 Å². The van der Waals surface area contributed by atoms with Gasteiger partial charge >= 0.3 is 0 Å². The molecular formula is C17H12FN3O2. The Kier molecular flexibility index (Phi) is 3.97. The lowest BCUT2D eigenvalue weighted by Gasteiger charge is -2.08. The molecule has 1 heterocycles. The summed E-state index contributed by atoms with van der Waals surface area (Å²) in [6.45, 7) is 0. The molecule has 114 valence electrons. The Morgan fingerprint density at radius 3 is 2.39 bits per heavy atom. The summed E-state index contributed by atoms with van der Waals surface area (Å²) >= 11 is 0. The van der Waals surface area contributed by atoms with Crippen molar-refractivity contribution in [3.8, 4) is 5.69 Å². The van der Waals surface area contributed by atoms with Gasteiger partial charge in [-0.05, 0) is 36.4 Å². The summed E-state index contributed by atoms with van der Waals surface area (Å²) in [6.07, 6.45) is 1.49. The van der Waals surface area contributed by atoms with Crippen molar-refractivity contribution in [2.75, 3.05) is 5.32 Å². The highest BCUT2D eigenvalue weighted by Gasteiger charge is 2.13. The zero-order chi connectivity index (χ0) is 16.2. The molecule has 0 aliphatic heterocycles. The number of benzene rings is 2. The summed E-state index contributed by atoms with van der Waals surface area (Å²) in [5.41, 5.74) is 0.383. The van der Waals surface area contributed by atoms with E-state index in [1.54, 1.807) is 12.1 Å². The Morgan fingerprint density at radius 2 is 1.70 bits per heavy atom. The molecule has 0 unspecified atom stereocenters. The second-order valence-electron chi connectivity index (χ2n) is 4.77. The minimum absolute atomic E-state index is 0.235. The van der Waals surface area contributed by atoms with Crippen LogP contribution in [0.5, 0.6) is 0 Å².